The van der Waals surface area contributed by atoms with E-state index in [2.05, 4.69) is 26.0 Å². The number of aliphatic hydroxyl groups is 1. The zero-order valence-corrected chi connectivity index (χ0v) is 17.0. The lowest BCUT2D eigenvalue weighted by atomic mass is 10.0. The molecule has 26 heavy (non-hydrogen) atoms. The molecule has 1 aliphatic rings. The minimum absolute atomic E-state index is 0.0574. The van der Waals surface area contributed by atoms with E-state index in [0.717, 1.165) is 45.7 Å². The van der Waals surface area contributed by atoms with Gasteiger partial charge in [-0.2, -0.15) is 0 Å². The smallest absolute Gasteiger partial charge is 0.191 e. The zero-order valence-electron chi connectivity index (χ0n) is 13.8. The molecular weight excluding hydrogens is 438 g/mol. The van der Waals surface area contributed by atoms with Crippen molar-refractivity contribution in [2.45, 2.75) is 31.6 Å². The van der Waals surface area contributed by atoms with Gasteiger partial charge in [-0.25, -0.2) is 9.67 Å². The molecule has 0 radical (unpaired) electrons. The van der Waals surface area contributed by atoms with Crippen LogP contribution in [0.4, 0.5) is 0 Å². The molecule has 1 fully saturated rings. The number of aromatic nitrogens is 3. The van der Waals surface area contributed by atoms with Crippen LogP contribution in [0.1, 0.15) is 42.7 Å². The van der Waals surface area contributed by atoms with Gasteiger partial charge in [-0.15, -0.1) is 16.4 Å². The van der Waals surface area contributed by atoms with Crippen molar-refractivity contribution < 1.29 is 9.84 Å². The highest BCUT2D eigenvalue weighted by Crippen LogP contribution is 2.39. The number of nitrogens with zero attached hydrogens (tertiary/aromatic N) is 3. The number of hydrogen-bond donors (Lipinski definition) is 1. The lowest BCUT2D eigenvalue weighted by Gasteiger charge is -2.22. The SMILES string of the molecule is OC(c1ccc(Cl)cc1)c1cc(Br)sc1-c1ncn(C2CCCCO2)n1. The molecule has 1 N–H and O–H groups in total. The van der Waals surface area contributed by atoms with Gasteiger partial charge in [-0.3, -0.25) is 0 Å². The molecule has 3 heterocycles. The summed E-state index contributed by atoms with van der Waals surface area (Å²) in [4.78, 5) is 5.30. The first kappa shape index (κ1) is 18.1. The van der Waals surface area contributed by atoms with Crippen molar-refractivity contribution in [1.82, 2.24) is 14.8 Å². The van der Waals surface area contributed by atoms with Gasteiger partial charge in [0.15, 0.2) is 12.1 Å². The Morgan fingerprint density at radius 3 is 2.85 bits per heavy atom. The van der Waals surface area contributed by atoms with Gasteiger partial charge in [0, 0.05) is 17.2 Å². The van der Waals surface area contributed by atoms with E-state index < -0.39 is 6.10 Å². The van der Waals surface area contributed by atoms with Crippen molar-refractivity contribution in [3.8, 4) is 10.7 Å². The van der Waals surface area contributed by atoms with Crippen molar-refractivity contribution in [1.29, 1.82) is 0 Å². The molecule has 1 aromatic carbocycles. The monoisotopic (exact) mass is 453 g/mol. The Morgan fingerprint density at radius 2 is 2.12 bits per heavy atom. The number of thiophene rings is 1. The average molecular weight is 455 g/mol. The lowest BCUT2D eigenvalue weighted by Crippen LogP contribution is -2.18. The maximum absolute atomic E-state index is 10.8. The van der Waals surface area contributed by atoms with E-state index in [0.29, 0.717) is 10.8 Å². The topological polar surface area (TPSA) is 60.2 Å². The normalized spacial score (nSPS) is 18.8. The minimum atomic E-state index is -0.775. The van der Waals surface area contributed by atoms with Gasteiger partial charge in [0.25, 0.3) is 0 Å². The van der Waals surface area contributed by atoms with Crippen molar-refractivity contribution in [2.75, 3.05) is 6.61 Å². The summed E-state index contributed by atoms with van der Waals surface area (Å²) in [5.41, 5.74) is 1.54. The van der Waals surface area contributed by atoms with E-state index in [1.165, 1.54) is 11.3 Å². The zero-order chi connectivity index (χ0) is 18.1. The molecule has 2 aromatic heterocycles. The lowest BCUT2D eigenvalue weighted by molar-refractivity contribution is -0.0395. The fraction of sp³-hybridized carbons (Fsp3) is 0.333. The molecule has 2 atom stereocenters. The maximum Gasteiger partial charge on any atom is 0.191 e. The van der Waals surface area contributed by atoms with Gasteiger partial charge in [0.1, 0.15) is 12.4 Å². The highest BCUT2D eigenvalue weighted by molar-refractivity contribution is 9.11. The molecule has 0 aliphatic carbocycles. The third-order valence-electron chi connectivity index (χ3n) is 4.37. The van der Waals surface area contributed by atoms with Gasteiger partial charge < -0.3 is 9.84 Å². The predicted molar refractivity (Wildman–Crippen MR) is 105 cm³/mol. The first-order chi connectivity index (χ1) is 12.6. The third-order valence-corrected chi connectivity index (χ3v) is 6.28. The van der Waals surface area contributed by atoms with E-state index in [1.807, 2.05) is 18.2 Å². The Kier molecular flexibility index (Phi) is 5.42. The second-order valence-electron chi connectivity index (χ2n) is 6.16. The molecule has 0 bridgehead atoms. The van der Waals surface area contributed by atoms with E-state index in [1.54, 1.807) is 23.1 Å². The summed E-state index contributed by atoms with van der Waals surface area (Å²) in [6, 6.07) is 9.11. The molecule has 0 saturated carbocycles. The Bertz CT molecular complexity index is 890. The summed E-state index contributed by atoms with van der Waals surface area (Å²) in [5.74, 6) is 0.595. The average Bonchev–Trinajstić information content (AvgIpc) is 3.29. The molecular formula is C18H17BrClN3O2S. The Morgan fingerprint density at radius 1 is 1.31 bits per heavy atom. The van der Waals surface area contributed by atoms with Crippen LogP contribution in [-0.2, 0) is 4.74 Å². The molecule has 136 valence electrons. The summed E-state index contributed by atoms with van der Waals surface area (Å²) < 4.78 is 8.47. The fourth-order valence-corrected chi connectivity index (χ4v) is 4.74. The summed E-state index contributed by atoms with van der Waals surface area (Å²) in [7, 11) is 0. The summed E-state index contributed by atoms with van der Waals surface area (Å²) in [6.45, 7) is 0.755. The van der Waals surface area contributed by atoms with Crippen LogP contribution in [-0.4, -0.2) is 26.5 Å². The molecule has 2 unspecified atom stereocenters. The van der Waals surface area contributed by atoms with Crippen LogP contribution < -0.4 is 0 Å². The number of hydrogen-bond acceptors (Lipinski definition) is 5. The Balaban J connectivity index is 1.65. The molecule has 0 amide bonds. The third kappa shape index (κ3) is 3.73. The van der Waals surface area contributed by atoms with Crippen LogP contribution in [0, 0.1) is 0 Å². The number of ether oxygens (including phenoxy) is 1. The van der Waals surface area contributed by atoms with Crippen LogP contribution in [0.2, 0.25) is 5.02 Å². The van der Waals surface area contributed by atoms with Crippen molar-refractivity contribution >= 4 is 38.9 Å². The highest BCUT2D eigenvalue weighted by Gasteiger charge is 2.23. The number of benzene rings is 1. The number of rotatable bonds is 4. The van der Waals surface area contributed by atoms with Gasteiger partial charge in [-0.05, 0) is 59.0 Å². The first-order valence-corrected chi connectivity index (χ1v) is 10.4. The van der Waals surface area contributed by atoms with Crippen LogP contribution in [0.15, 0.2) is 40.4 Å². The highest BCUT2D eigenvalue weighted by atomic mass is 79.9. The predicted octanol–water partition coefficient (Wildman–Crippen LogP) is 5.20. The first-order valence-electron chi connectivity index (χ1n) is 8.37. The van der Waals surface area contributed by atoms with E-state index >= 15 is 0 Å². The standard InChI is InChI=1S/C18H17BrClN3O2S/c19-14-9-13(16(24)11-4-6-12(20)7-5-11)17(26-14)18-21-10-23(22-18)15-3-1-2-8-25-15/h4-7,9-10,15-16,24H,1-3,8H2. The second kappa shape index (κ2) is 7.78. The van der Waals surface area contributed by atoms with Crippen molar-refractivity contribution in [2.24, 2.45) is 0 Å². The van der Waals surface area contributed by atoms with Crippen LogP contribution in [0.3, 0.4) is 0 Å². The van der Waals surface area contributed by atoms with E-state index in [-0.39, 0.29) is 6.23 Å². The van der Waals surface area contributed by atoms with Crippen molar-refractivity contribution in [3.05, 3.63) is 56.6 Å². The van der Waals surface area contributed by atoms with Gasteiger partial charge in [-0.1, -0.05) is 23.7 Å². The van der Waals surface area contributed by atoms with Gasteiger partial charge in [0.2, 0.25) is 0 Å². The largest absolute Gasteiger partial charge is 0.384 e. The molecule has 8 heteroatoms. The van der Waals surface area contributed by atoms with Gasteiger partial charge in [0.05, 0.1) is 8.66 Å². The minimum Gasteiger partial charge on any atom is -0.384 e. The van der Waals surface area contributed by atoms with Crippen LogP contribution in [0.25, 0.3) is 10.7 Å². The molecule has 4 rings (SSSR count). The summed E-state index contributed by atoms with van der Waals surface area (Å²) in [6.07, 6.45) is 4.04. The van der Waals surface area contributed by atoms with E-state index in [9.17, 15) is 5.11 Å². The molecule has 5 nitrogen and oxygen atoms in total. The van der Waals surface area contributed by atoms with E-state index in [4.69, 9.17) is 16.3 Å². The molecule has 1 saturated heterocycles. The quantitative estimate of drug-likeness (QED) is 0.588. The molecule has 0 spiro atoms. The molecule has 3 aromatic rings. The Hall–Kier alpha value is -1.25. The summed E-state index contributed by atoms with van der Waals surface area (Å²) >= 11 is 11.0. The van der Waals surface area contributed by atoms with Crippen molar-refractivity contribution in [3.63, 3.8) is 0 Å². The fourth-order valence-electron chi connectivity index (χ4n) is 3.03. The molecule has 1 aliphatic heterocycles. The van der Waals surface area contributed by atoms with Crippen LogP contribution >= 0.6 is 38.9 Å². The second-order valence-corrected chi connectivity index (χ2v) is 9.03. The number of halogens is 2. The Labute approximate surface area is 168 Å². The van der Waals surface area contributed by atoms with Gasteiger partial charge >= 0.3 is 0 Å². The number of aliphatic hydroxyl groups excluding tert-OH is 1. The summed E-state index contributed by atoms with van der Waals surface area (Å²) in [5, 5.41) is 16.1. The van der Waals surface area contributed by atoms with Crippen LogP contribution in [0.5, 0.6) is 0 Å². The maximum atomic E-state index is 10.8.